The third kappa shape index (κ3) is 3.80. The van der Waals surface area contributed by atoms with Gasteiger partial charge < -0.3 is 5.11 Å². The topological polar surface area (TPSA) is 40.5 Å². The summed E-state index contributed by atoms with van der Waals surface area (Å²) >= 11 is 0. The van der Waals surface area contributed by atoms with Crippen molar-refractivity contribution in [2.45, 2.75) is 45.1 Å². The van der Waals surface area contributed by atoms with E-state index < -0.39 is 5.97 Å². The summed E-state index contributed by atoms with van der Waals surface area (Å²) in [6.07, 6.45) is 4.80. The zero-order valence-electron chi connectivity index (χ0n) is 11.6. The molecule has 1 unspecified atom stereocenters. The summed E-state index contributed by atoms with van der Waals surface area (Å²) in [6, 6.07) is 8.54. The number of hydrogen-bond acceptors (Lipinski definition) is 2. The third-order valence-corrected chi connectivity index (χ3v) is 3.85. The van der Waals surface area contributed by atoms with Crippen LogP contribution >= 0.6 is 0 Å². The van der Waals surface area contributed by atoms with Crippen LogP contribution < -0.4 is 0 Å². The lowest BCUT2D eigenvalue weighted by Crippen LogP contribution is -2.27. The Morgan fingerprint density at radius 2 is 1.89 bits per heavy atom. The molecule has 104 valence electrons. The van der Waals surface area contributed by atoms with Gasteiger partial charge in [0.2, 0.25) is 0 Å². The van der Waals surface area contributed by atoms with E-state index in [1.54, 1.807) is 0 Å². The maximum Gasteiger partial charge on any atom is 0.305 e. The van der Waals surface area contributed by atoms with E-state index in [1.807, 2.05) is 0 Å². The van der Waals surface area contributed by atoms with Crippen molar-refractivity contribution < 1.29 is 9.90 Å². The average Bonchev–Trinajstić information content (AvgIpc) is 2.91. The van der Waals surface area contributed by atoms with Crippen molar-refractivity contribution in [2.75, 3.05) is 13.1 Å². The Balaban J connectivity index is 2.14. The van der Waals surface area contributed by atoms with Gasteiger partial charge in [-0.1, -0.05) is 37.6 Å². The van der Waals surface area contributed by atoms with Crippen molar-refractivity contribution in [3.63, 3.8) is 0 Å². The molecule has 0 bridgehead atoms. The lowest BCUT2D eigenvalue weighted by atomic mass is 9.99. The van der Waals surface area contributed by atoms with Gasteiger partial charge in [0, 0.05) is 6.04 Å². The monoisotopic (exact) mass is 261 g/mol. The molecule has 1 saturated heterocycles. The number of aliphatic carboxylic acids is 1. The van der Waals surface area contributed by atoms with Crippen LogP contribution in [-0.2, 0) is 11.2 Å². The number of carboxylic acids is 1. The lowest BCUT2D eigenvalue weighted by molar-refractivity contribution is -0.138. The van der Waals surface area contributed by atoms with E-state index in [9.17, 15) is 4.79 Å². The number of hydrogen-bond donors (Lipinski definition) is 1. The van der Waals surface area contributed by atoms with Gasteiger partial charge >= 0.3 is 5.97 Å². The van der Waals surface area contributed by atoms with Crippen LogP contribution in [0.3, 0.4) is 0 Å². The van der Waals surface area contributed by atoms with Gasteiger partial charge in [-0.3, -0.25) is 9.69 Å². The molecule has 0 aromatic heterocycles. The minimum atomic E-state index is -0.713. The summed E-state index contributed by atoms with van der Waals surface area (Å²) in [5.41, 5.74) is 2.48. The SMILES string of the molecule is CCCc1ccc(C(CC(=O)O)N2CCCC2)cc1. The van der Waals surface area contributed by atoms with Crippen molar-refractivity contribution in [2.24, 2.45) is 0 Å². The van der Waals surface area contributed by atoms with Crippen molar-refractivity contribution in [1.29, 1.82) is 0 Å². The molecule has 3 nitrogen and oxygen atoms in total. The van der Waals surface area contributed by atoms with Crippen LogP contribution in [0.1, 0.15) is 49.8 Å². The summed E-state index contributed by atoms with van der Waals surface area (Å²) in [4.78, 5) is 13.4. The van der Waals surface area contributed by atoms with Gasteiger partial charge in [-0.15, -0.1) is 0 Å². The van der Waals surface area contributed by atoms with Crippen molar-refractivity contribution in [1.82, 2.24) is 4.90 Å². The fraction of sp³-hybridized carbons (Fsp3) is 0.562. The van der Waals surface area contributed by atoms with Crippen molar-refractivity contribution in [3.8, 4) is 0 Å². The van der Waals surface area contributed by atoms with E-state index in [2.05, 4.69) is 36.1 Å². The van der Waals surface area contributed by atoms with Crippen LogP contribution in [0.25, 0.3) is 0 Å². The van der Waals surface area contributed by atoms with E-state index >= 15 is 0 Å². The molecule has 19 heavy (non-hydrogen) atoms. The van der Waals surface area contributed by atoms with Crippen LogP contribution in [-0.4, -0.2) is 29.1 Å². The van der Waals surface area contributed by atoms with Crippen LogP contribution in [0.15, 0.2) is 24.3 Å². The van der Waals surface area contributed by atoms with Crippen LogP contribution in [0.5, 0.6) is 0 Å². The summed E-state index contributed by atoms with van der Waals surface area (Å²) in [5, 5.41) is 9.12. The Labute approximate surface area is 115 Å². The predicted octanol–water partition coefficient (Wildman–Crippen LogP) is 3.25. The second-order valence-electron chi connectivity index (χ2n) is 5.35. The highest BCUT2D eigenvalue weighted by atomic mass is 16.4. The first-order valence-corrected chi connectivity index (χ1v) is 7.25. The Morgan fingerprint density at radius 3 is 2.42 bits per heavy atom. The summed E-state index contributed by atoms with van der Waals surface area (Å²) in [7, 11) is 0. The van der Waals surface area contributed by atoms with Gasteiger partial charge in [0.05, 0.1) is 6.42 Å². The summed E-state index contributed by atoms with van der Waals surface area (Å²) in [5.74, 6) is -0.713. The fourth-order valence-electron chi connectivity index (χ4n) is 2.87. The van der Waals surface area contributed by atoms with Gasteiger partial charge in [-0.25, -0.2) is 0 Å². The fourth-order valence-corrected chi connectivity index (χ4v) is 2.87. The molecule has 0 amide bonds. The van der Waals surface area contributed by atoms with Gasteiger partial charge in [0.25, 0.3) is 0 Å². The zero-order chi connectivity index (χ0) is 13.7. The lowest BCUT2D eigenvalue weighted by Gasteiger charge is -2.26. The molecule has 1 aliphatic rings. The normalized spacial score (nSPS) is 17.5. The predicted molar refractivity (Wildman–Crippen MR) is 76.2 cm³/mol. The van der Waals surface area contributed by atoms with Gasteiger partial charge in [-0.05, 0) is 43.5 Å². The van der Waals surface area contributed by atoms with Crippen LogP contribution in [0.2, 0.25) is 0 Å². The number of carboxylic acid groups (broad SMARTS) is 1. The smallest absolute Gasteiger partial charge is 0.305 e. The molecule has 1 fully saturated rings. The highest BCUT2D eigenvalue weighted by Crippen LogP contribution is 2.28. The van der Waals surface area contributed by atoms with E-state index in [0.29, 0.717) is 0 Å². The molecule has 1 aromatic carbocycles. The van der Waals surface area contributed by atoms with E-state index in [-0.39, 0.29) is 12.5 Å². The maximum atomic E-state index is 11.1. The van der Waals surface area contributed by atoms with Crippen LogP contribution in [0, 0.1) is 0 Å². The Bertz CT molecular complexity index is 407. The molecule has 1 atom stereocenters. The Morgan fingerprint density at radius 1 is 1.26 bits per heavy atom. The second kappa shape index (κ2) is 6.71. The molecule has 1 heterocycles. The zero-order valence-corrected chi connectivity index (χ0v) is 11.6. The van der Waals surface area contributed by atoms with E-state index in [4.69, 9.17) is 5.11 Å². The molecule has 1 aliphatic heterocycles. The number of rotatable bonds is 6. The second-order valence-corrected chi connectivity index (χ2v) is 5.35. The molecular weight excluding hydrogens is 238 g/mol. The highest BCUT2D eigenvalue weighted by Gasteiger charge is 2.25. The summed E-state index contributed by atoms with van der Waals surface area (Å²) in [6.45, 7) is 4.22. The highest BCUT2D eigenvalue weighted by molar-refractivity contribution is 5.68. The molecule has 0 spiro atoms. The molecule has 1 aromatic rings. The Kier molecular flexibility index (Phi) is 4.97. The number of benzene rings is 1. The number of likely N-dealkylation sites (tertiary alicyclic amines) is 1. The van der Waals surface area contributed by atoms with Gasteiger partial charge in [0.1, 0.15) is 0 Å². The number of carbonyl (C=O) groups is 1. The largest absolute Gasteiger partial charge is 0.481 e. The molecule has 0 saturated carbocycles. The molecule has 1 N–H and O–H groups in total. The first-order chi connectivity index (χ1) is 9.20. The van der Waals surface area contributed by atoms with Crippen LogP contribution in [0.4, 0.5) is 0 Å². The quantitative estimate of drug-likeness (QED) is 0.854. The van der Waals surface area contributed by atoms with Gasteiger partial charge in [-0.2, -0.15) is 0 Å². The first kappa shape index (κ1) is 14.1. The molecule has 2 rings (SSSR count). The van der Waals surface area contributed by atoms with E-state index in [1.165, 1.54) is 18.4 Å². The van der Waals surface area contributed by atoms with Crippen molar-refractivity contribution >= 4 is 5.97 Å². The van der Waals surface area contributed by atoms with E-state index in [0.717, 1.165) is 31.5 Å². The standard InChI is InChI=1S/C16H23NO2/c1-2-5-13-6-8-14(9-7-13)15(12-16(18)19)17-10-3-4-11-17/h6-9,15H,2-5,10-12H2,1H3,(H,18,19). The van der Waals surface area contributed by atoms with Gasteiger partial charge in [0.15, 0.2) is 0 Å². The minimum absolute atomic E-state index is 0.0377. The third-order valence-electron chi connectivity index (χ3n) is 3.85. The Hall–Kier alpha value is -1.35. The number of aryl methyl sites for hydroxylation is 1. The summed E-state index contributed by atoms with van der Waals surface area (Å²) < 4.78 is 0. The minimum Gasteiger partial charge on any atom is -0.481 e. The molecular formula is C16H23NO2. The van der Waals surface area contributed by atoms with Crippen molar-refractivity contribution in [3.05, 3.63) is 35.4 Å². The average molecular weight is 261 g/mol. The molecule has 0 radical (unpaired) electrons. The number of nitrogens with zero attached hydrogens (tertiary/aromatic N) is 1. The first-order valence-electron chi connectivity index (χ1n) is 7.25. The molecule has 0 aliphatic carbocycles. The molecule has 3 heteroatoms. The maximum absolute atomic E-state index is 11.1.